The molecule has 0 amide bonds. The van der Waals surface area contributed by atoms with E-state index in [2.05, 4.69) is 0 Å². The Morgan fingerprint density at radius 1 is 1.39 bits per heavy atom. The van der Waals surface area contributed by atoms with Crippen LogP contribution in [0, 0.1) is 6.92 Å². The number of aryl methyl sites for hydroxylation is 1. The van der Waals surface area contributed by atoms with E-state index in [9.17, 15) is 18.3 Å². The highest BCUT2D eigenvalue weighted by atomic mass is 32.2. The molecule has 1 nitrogen and oxygen atoms in total. The molecule has 0 aliphatic carbocycles. The molecule has 0 bridgehead atoms. The molecule has 1 fully saturated rings. The molecule has 0 radical (unpaired) electrons. The average Bonchev–Trinajstić information content (AvgIpc) is 2.80. The van der Waals surface area contributed by atoms with Gasteiger partial charge in [-0.05, 0) is 48.8 Å². The van der Waals surface area contributed by atoms with E-state index in [0.29, 0.717) is 11.1 Å². The third-order valence-electron chi connectivity index (χ3n) is 3.23. The standard InChI is InChI=1S/C13H15F3OS/c1-8-7-9(13(14,15)16)4-5-10(8)12(17)11-3-2-6-18-11/h4-5,7,11-12,17H,2-3,6H2,1H3. The molecule has 2 atom stereocenters. The van der Waals surface area contributed by atoms with Crippen molar-refractivity contribution in [1.29, 1.82) is 0 Å². The number of alkyl halides is 3. The van der Waals surface area contributed by atoms with Crippen LogP contribution in [0.25, 0.3) is 0 Å². The first kappa shape index (κ1) is 13.7. The van der Waals surface area contributed by atoms with Gasteiger partial charge in [-0.3, -0.25) is 0 Å². The minimum Gasteiger partial charge on any atom is -0.387 e. The molecule has 1 aromatic carbocycles. The predicted octanol–water partition coefficient (Wildman–Crippen LogP) is 3.94. The van der Waals surface area contributed by atoms with Gasteiger partial charge in [-0.1, -0.05) is 6.07 Å². The van der Waals surface area contributed by atoms with E-state index in [1.54, 1.807) is 18.7 Å². The zero-order valence-corrected chi connectivity index (χ0v) is 10.8. The quantitative estimate of drug-likeness (QED) is 0.882. The van der Waals surface area contributed by atoms with Crippen LogP contribution in [0.2, 0.25) is 0 Å². The Bertz CT molecular complexity index is 425. The van der Waals surface area contributed by atoms with Crippen molar-refractivity contribution in [3.63, 3.8) is 0 Å². The monoisotopic (exact) mass is 276 g/mol. The summed E-state index contributed by atoms with van der Waals surface area (Å²) in [4.78, 5) is 0. The average molecular weight is 276 g/mol. The normalized spacial score (nSPS) is 22.2. The van der Waals surface area contributed by atoms with Gasteiger partial charge in [-0.2, -0.15) is 24.9 Å². The second-order valence-corrected chi connectivity index (χ2v) is 5.91. The molecular formula is C13H15F3OS. The summed E-state index contributed by atoms with van der Waals surface area (Å²) >= 11 is 1.69. The minimum absolute atomic E-state index is 0.112. The fraction of sp³-hybridized carbons (Fsp3) is 0.538. The number of halogens is 3. The zero-order chi connectivity index (χ0) is 13.3. The highest BCUT2D eigenvalue weighted by molar-refractivity contribution is 8.00. The summed E-state index contributed by atoms with van der Waals surface area (Å²) in [7, 11) is 0. The van der Waals surface area contributed by atoms with Gasteiger partial charge in [0.25, 0.3) is 0 Å². The van der Waals surface area contributed by atoms with Crippen LogP contribution >= 0.6 is 11.8 Å². The molecule has 1 heterocycles. The maximum Gasteiger partial charge on any atom is 0.416 e. The summed E-state index contributed by atoms with van der Waals surface area (Å²) in [6.45, 7) is 1.62. The molecule has 18 heavy (non-hydrogen) atoms. The first-order valence-corrected chi connectivity index (χ1v) is 6.92. The lowest BCUT2D eigenvalue weighted by Crippen LogP contribution is -2.14. The van der Waals surface area contributed by atoms with Gasteiger partial charge in [0.15, 0.2) is 0 Å². The lowest BCUT2D eigenvalue weighted by atomic mass is 9.97. The molecule has 5 heteroatoms. The molecule has 0 saturated carbocycles. The smallest absolute Gasteiger partial charge is 0.387 e. The van der Waals surface area contributed by atoms with Gasteiger partial charge in [0, 0.05) is 5.25 Å². The first-order valence-electron chi connectivity index (χ1n) is 5.87. The van der Waals surface area contributed by atoms with Crippen LogP contribution in [0.1, 0.15) is 35.6 Å². The molecule has 0 spiro atoms. The van der Waals surface area contributed by atoms with E-state index >= 15 is 0 Å². The Labute approximate surface area is 108 Å². The van der Waals surface area contributed by atoms with E-state index in [0.717, 1.165) is 30.7 Å². The van der Waals surface area contributed by atoms with Crippen LogP contribution in [0.4, 0.5) is 13.2 Å². The van der Waals surface area contributed by atoms with Gasteiger partial charge in [0.1, 0.15) is 0 Å². The fourth-order valence-electron chi connectivity index (χ4n) is 2.24. The number of hydrogen-bond acceptors (Lipinski definition) is 2. The van der Waals surface area contributed by atoms with Gasteiger partial charge in [-0.15, -0.1) is 0 Å². The number of aliphatic hydroxyl groups is 1. The SMILES string of the molecule is Cc1cc(C(F)(F)F)ccc1C(O)C1CCCS1. The van der Waals surface area contributed by atoms with E-state index in [1.165, 1.54) is 6.07 Å². The lowest BCUT2D eigenvalue weighted by Gasteiger charge is -2.20. The van der Waals surface area contributed by atoms with Crippen LogP contribution in [0.5, 0.6) is 0 Å². The number of thioether (sulfide) groups is 1. The Hall–Kier alpha value is -0.680. The van der Waals surface area contributed by atoms with Crippen molar-refractivity contribution in [2.75, 3.05) is 5.75 Å². The van der Waals surface area contributed by atoms with Crippen molar-refractivity contribution in [2.45, 2.75) is 37.3 Å². The van der Waals surface area contributed by atoms with Crippen molar-refractivity contribution < 1.29 is 18.3 Å². The highest BCUT2D eigenvalue weighted by Crippen LogP contribution is 2.38. The lowest BCUT2D eigenvalue weighted by molar-refractivity contribution is -0.137. The topological polar surface area (TPSA) is 20.2 Å². The fourth-order valence-corrected chi connectivity index (χ4v) is 3.53. The van der Waals surface area contributed by atoms with E-state index in [4.69, 9.17) is 0 Å². The van der Waals surface area contributed by atoms with Crippen LogP contribution < -0.4 is 0 Å². The second-order valence-electron chi connectivity index (χ2n) is 4.57. The van der Waals surface area contributed by atoms with E-state index in [-0.39, 0.29) is 5.25 Å². The second kappa shape index (κ2) is 5.13. The van der Waals surface area contributed by atoms with Crippen molar-refractivity contribution in [3.05, 3.63) is 34.9 Å². The van der Waals surface area contributed by atoms with Gasteiger partial charge < -0.3 is 5.11 Å². The molecule has 1 aliphatic rings. The molecule has 1 aliphatic heterocycles. The summed E-state index contributed by atoms with van der Waals surface area (Å²) < 4.78 is 37.6. The largest absolute Gasteiger partial charge is 0.416 e. The zero-order valence-electron chi connectivity index (χ0n) is 10.00. The van der Waals surface area contributed by atoms with Crippen molar-refractivity contribution in [1.82, 2.24) is 0 Å². The number of hydrogen-bond donors (Lipinski definition) is 1. The molecule has 1 aromatic rings. The Morgan fingerprint density at radius 3 is 2.61 bits per heavy atom. The van der Waals surface area contributed by atoms with Gasteiger partial charge in [0.2, 0.25) is 0 Å². The maximum absolute atomic E-state index is 12.5. The van der Waals surface area contributed by atoms with Gasteiger partial charge in [0.05, 0.1) is 11.7 Å². The van der Waals surface area contributed by atoms with Crippen molar-refractivity contribution in [2.24, 2.45) is 0 Å². The molecule has 0 aromatic heterocycles. The third-order valence-corrected chi connectivity index (χ3v) is 4.68. The highest BCUT2D eigenvalue weighted by Gasteiger charge is 2.32. The molecule has 1 saturated heterocycles. The first-order chi connectivity index (χ1) is 8.39. The molecular weight excluding hydrogens is 261 g/mol. The predicted molar refractivity (Wildman–Crippen MR) is 66.6 cm³/mol. The molecule has 2 unspecified atom stereocenters. The number of rotatable bonds is 2. The summed E-state index contributed by atoms with van der Waals surface area (Å²) in [5.74, 6) is 1.02. The van der Waals surface area contributed by atoms with Crippen LogP contribution in [0.15, 0.2) is 18.2 Å². The summed E-state index contributed by atoms with van der Waals surface area (Å²) in [6, 6.07) is 3.56. The number of aliphatic hydroxyl groups excluding tert-OH is 1. The van der Waals surface area contributed by atoms with Gasteiger partial charge >= 0.3 is 6.18 Å². The van der Waals surface area contributed by atoms with Crippen LogP contribution in [0.3, 0.4) is 0 Å². The van der Waals surface area contributed by atoms with E-state index < -0.39 is 17.8 Å². The Morgan fingerprint density at radius 2 is 2.11 bits per heavy atom. The Kier molecular flexibility index (Phi) is 3.92. The van der Waals surface area contributed by atoms with Crippen LogP contribution in [-0.4, -0.2) is 16.1 Å². The summed E-state index contributed by atoms with van der Waals surface area (Å²) in [5, 5.41) is 10.3. The number of benzene rings is 1. The van der Waals surface area contributed by atoms with Gasteiger partial charge in [-0.25, -0.2) is 0 Å². The van der Waals surface area contributed by atoms with Crippen molar-refractivity contribution >= 4 is 11.8 Å². The summed E-state index contributed by atoms with van der Waals surface area (Å²) in [6.07, 6.45) is -3.01. The Balaban J connectivity index is 2.24. The molecule has 1 N–H and O–H groups in total. The summed E-state index contributed by atoms with van der Waals surface area (Å²) in [5.41, 5.74) is 0.460. The molecule has 100 valence electrons. The molecule has 2 rings (SSSR count). The minimum atomic E-state index is -4.32. The maximum atomic E-state index is 12.5. The van der Waals surface area contributed by atoms with Crippen LogP contribution in [-0.2, 0) is 6.18 Å². The van der Waals surface area contributed by atoms with E-state index in [1.807, 2.05) is 0 Å². The van der Waals surface area contributed by atoms with Crippen molar-refractivity contribution in [3.8, 4) is 0 Å². The third kappa shape index (κ3) is 2.83.